The number of aliphatic hydroxyl groups excluding tert-OH is 1. The third kappa shape index (κ3) is 3.98. The fourth-order valence-electron chi connectivity index (χ4n) is 3.77. The second kappa shape index (κ2) is 8.76. The summed E-state index contributed by atoms with van der Waals surface area (Å²) in [5.41, 5.74) is 2.88. The lowest BCUT2D eigenvalue weighted by Gasteiger charge is -2.34. The topological polar surface area (TPSA) is 178 Å². The number of hydrogen-bond donors (Lipinski definition) is 3. The Kier molecular flexibility index (Phi) is 6.10. The lowest BCUT2D eigenvalue weighted by molar-refractivity contribution is -0.245. The number of aromatic nitrogens is 4. The Morgan fingerprint density at radius 2 is 1.81 bits per heavy atom. The number of benzene rings is 1. The van der Waals surface area contributed by atoms with E-state index >= 15 is 0 Å². The first-order chi connectivity index (χ1) is 16.9. The highest BCUT2D eigenvalue weighted by Crippen LogP contribution is 2.50. The number of ether oxygens (including phenoxy) is 1. The van der Waals surface area contributed by atoms with Gasteiger partial charge in [-0.15, -0.1) is 0 Å². The second-order valence-corrected chi connectivity index (χ2v) is 9.90. The third-order valence-electron chi connectivity index (χ3n) is 5.39. The van der Waals surface area contributed by atoms with Crippen LogP contribution in [0.25, 0.3) is 11.2 Å². The van der Waals surface area contributed by atoms with Crippen molar-refractivity contribution in [3.63, 3.8) is 0 Å². The van der Waals surface area contributed by atoms with E-state index in [9.17, 15) is 41.3 Å². The summed E-state index contributed by atoms with van der Waals surface area (Å²) in [6, 6.07) is 0. The molecular weight excluding hydrogens is 544 g/mol. The molecule has 4 heterocycles. The zero-order chi connectivity index (χ0) is 26.1. The van der Waals surface area contributed by atoms with Crippen LogP contribution < -0.4 is 16.2 Å². The van der Waals surface area contributed by atoms with E-state index in [4.69, 9.17) is 15.0 Å². The van der Waals surface area contributed by atoms with Gasteiger partial charge in [-0.1, -0.05) is 11.8 Å². The number of halogens is 5. The van der Waals surface area contributed by atoms with Gasteiger partial charge in [-0.2, -0.15) is 4.98 Å². The lowest BCUT2D eigenvalue weighted by atomic mass is 10.1. The van der Waals surface area contributed by atoms with Crippen LogP contribution in [0.2, 0.25) is 0 Å². The van der Waals surface area contributed by atoms with E-state index in [2.05, 4.69) is 19.5 Å². The molecule has 19 heteroatoms. The molecule has 2 aromatic heterocycles. The Morgan fingerprint density at radius 1 is 1.17 bits per heavy atom. The minimum Gasteiger partial charge on any atom is -0.756 e. The molecule has 2 aliphatic heterocycles. The zero-order valence-corrected chi connectivity index (χ0v) is 19.0. The van der Waals surface area contributed by atoms with Gasteiger partial charge in [0.15, 0.2) is 45.8 Å². The monoisotopic (exact) mass is 556 g/mol. The van der Waals surface area contributed by atoms with Crippen molar-refractivity contribution in [2.45, 2.75) is 35.4 Å². The number of aromatic amines is 1. The van der Waals surface area contributed by atoms with Crippen molar-refractivity contribution in [1.82, 2.24) is 19.5 Å². The average molecular weight is 556 g/mol. The molecule has 0 radical (unpaired) electrons. The predicted molar refractivity (Wildman–Crippen MR) is 107 cm³/mol. The van der Waals surface area contributed by atoms with E-state index in [0.29, 0.717) is 11.8 Å². The molecule has 194 valence electrons. The normalized spacial score (nSPS) is 28.1. The smallest absolute Gasteiger partial charge is 0.280 e. The summed E-state index contributed by atoms with van der Waals surface area (Å²) in [6.07, 6.45) is -5.78. The molecule has 4 N–H and O–H groups in total. The number of nitrogens with one attached hydrogen (secondary N) is 1. The van der Waals surface area contributed by atoms with Gasteiger partial charge < -0.3 is 29.5 Å². The molecule has 5 rings (SSSR count). The molecule has 2 saturated heterocycles. The molecule has 0 amide bonds. The molecule has 0 saturated carbocycles. The third-order valence-corrected chi connectivity index (χ3v) is 7.34. The van der Waals surface area contributed by atoms with Gasteiger partial charge in [0.2, 0.25) is 11.8 Å². The molecule has 5 atom stereocenters. The van der Waals surface area contributed by atoms with E-state index in [-0.39, 0.29) is 16.3 Å². The number of phosphoric acid groups is 1. The maximum atomic E-state index is 14.2. The van der Waals surface area contributed by atoms with E-state index in [1.165, 1.54) is 0 Å². The summed E-state index contributed by atoms with van der Waals surface area (Å²) in [5.74, 6) is -12.0. The highest BCUT2D eigenvalue weighted by molar-refractivity contribution is 7.98. The van der Waals surface area contributed by atoms with Crippen LogP contribution in [0, 0.1) is 29.1 Å². The quantitative estimate of drug-likeness (QED) is 0.136. The Morgan fingerprint density at radius 3 is 2.47 bits per heavy atom. The first kappa shape index (κ1) is 25.1. The molecule has 0 aliphatic carbocycles. The Hall–Kier alpha value is -2.60. The summed E-state index contributed by atoms with van der Waals surface area (Å²) < 4.78 is 96.5. The van der Waals surface area contributed by atoms with Gasteiger partial charge in [-0.3, -0.25) is 18.9 Å². The van der Waals surface area contributed by atoms with Gasteiger partial charge in [0.05, 0.1) is 6.61 Å². The minimum absolute atomic E-state index is 0.287. The average Bonchev–Trinajstić information content (AvgIpc) is 3.33. The van der Waals surface area contributed by atoms with Crippen LogP contribution in [0.3, 0.4) is 0 Å². The number of nitrogens with two attached hydrogens (primary N) is 1. The molecule has 1 aromatic carbocycles. The summed E-state index contributed by atoms with van der Waals surface area (Å²) in [4.78, 5) is 34.1. The molecule has 12 nitrogen and oxygen atoms in total. The van der Waals surface area contributed by atoms with Crippen molar-refractivity contribution in [2.24, 2.45) is 0 Å². The first-order valence-corrected chi connectivity index (χ1v) is 12.2. The van der Waals surface area contributed by atoms with Gasteiger partial charge in [-0.05, 0) is 0 Å². The van der Waals surface area contributed by atoms with Crippen LogP contribution in [0.5, 0.6) is 0 Å². The number of aliphatic hydroxyl groups is 1. The number of hydrogen-bond acceptors (Lipinski definition) is 11. The summed E-state index contributed by atoms with van der Waals surface area (Å²) >= 11 is 0.417. The van der Waals surface area contributed by atoms with Gasteiger partial charge in [0.25, 0.3) is 13.4 Å². The molecule has 2 fully saturated rings. The van der Waals surface area contributed by atoms with Crippen molar-refractivity contribution < 1.29 is 50.3 Å². The maximum Gasteiger partial charge on any atom is 0.280 e. The maximum absolute atomic E-state index is 14.2. The van der Waals surface area contributed by atoms with Crippen LogP contribution in [-0.2, 0) is 24.1 Å². The molecule has 3 aromatic rings. The van der Waals surface area contributed by atoms with Crippen LogP contribution >= 0.6 is 19.6 Å². The Labute approximate surface area is 199 Å². The number of nitrogens with zero attached hydrogens (tertiary/aromatic N) is 3. The fourth-order valence-corrected chi connectivity index (χ4v) is 5.73. The fraction of sp³-hybridized carbons (Fsp3) is 0.353. The number of fused-ring (bicyclic) bond motifs is 2. The standard InChI is InChI=1S/C17H13F5N5O7PS/c18-5-3(6(19)8(21)9(22)7(5)20)2-36-17-24-10-13(25-16(23)26-14(10)29)27(17)15-11(28)12-4(33-15)1-32-35(30,31)34-12/h4,11-12,15,28H,1-2H2,(H,30,31)(H3,23,25,26,29)/p-1/t4?,11?,12-,15-/m1/s1. The number of imidazole rings is 1. The van der Waals surface area contributed by atoms with Crippen LogP contribution in [-0.4, -0.2) is 49.5 Å². The van der Waals surface area contributed by atoms with Crippen LogP contribution in [0.1, 0.15) is 11.8 Å². The molecule has 0 spiro atoms. The van der Waals surface area contributed by atoms with Crippen molar-refractivity contribution in [3.8, 4) is 0 Å². The van der Waals surface area contributed by atoms with E-state index < -0.39 is 90.9 Å². The van der Waals surface area contributed by atoms with Crippen LogP contribution in [0.15, 0.2) is 9.95 Å². The minimum atomic E-state index is -4.75. The van der Waals surface area contributed by atoms with Gasteiger partial charge in [0, 0.05) is 11.3 Å². The summed E-state index contributed by atoms with van der Waals surface area (Å²) in [7, 11) is -4.75. The van der Waals surface area contributed by atoms with Crippen molar-refractivity contribution in [2.75, 3.05) is 12.3 Å². The number of rotatable bonds is 4. The molecule has 3 unspecified atom stereocenters. The molecule has 0 bridgehead atoms. The Balaban J connectivity index is 1.58. The lowest BCUT2D eigenvalue weighted by Crippen LogP contribution is -2.41. The number of phosphoric ester groups is 1. The second-order valence-electron chi connectivity index (χ2n) is 7.59. The number of anilines is 1. The first-order valence-electron chi connectivity index (χ1n) is 9.78. The van der Waals surface area contributed by atoms with Crippen molar-refractivity contribution >= 4 is 36.7 Å². The van der Waals surface area contributed by atoms with Crippen molar-refractivity contribution in [1.29, 1.82) is 0 Å². The van der Waals surface area contributed by atoms with Crippen molar-refractivity contribution in [3.05, 3.63) is 45.0 Å². The van der Waals surface area contributed by atoms with Crippen LogP contribution in [0.4, 0.5) is 27.9 Å². The SMILES string of the molecule is Nc1nc2c(nc(SCc3c(F)c(F)c(F)c(F)c3F)n2[C@@H]2OC3COP(=O)([O-])O[C@H]3C2O)c(=O)[nH]1. The summed E-state index contributed by atoms with van der Waals surface area (Å²) in [5, 5.41) is 10.4. The number of nitrogen functional groups attached to an aromatic ring is 1. The van der Waals surface area contributed by atoms with E-state index in [1.54, 1.807) is 0 Å². The van der Waals surface area contributed by atoms with Gasteiger partial charge >= 0.3 is 0 Å². The van der Waals surface area contributed by atoms with Gasteiger partial charge in [0.1, 0.15) is 18.3 Å². The van der Waals surface area contributed by atoms with Gasteiger partial charge in [-0.25, -0.2) is 26.9 Å². The van der Waals surface area contributed by atoms with E-state index in [1.807, 2.05) is 0 Å². The highest BCUT2D eigenvalue weighted by atomic mass is 32.2. The molecule has 36 heavy (non-hydrogen) atoms. The van der Waals surface area contributed by atoms with E-state index in [0.717, 1.165) is 4.57 Å². The summed E-state index contributed by atoms with van der Waals surface area (Å²) in [6.45, 7) is -0.519. The largest absolute Gasteiger partial charge is 0.756 e. The number of H-pyrrole nitrogens is 1. The number of thioether (sulfide) groups is 1. The highest BCUT2D eigenvalue weighted by Gasteiger charge is 2.51. The predicted octanol–water partition coefficient (Wildman–Crippen LogP) is 0.832. The molecular formula is C17H12F5N5O7PS-. The zero-order valence-electron chi connectivity index (χ0n) is 17.3. The Bertz CT molecular complexity index is 1480. The molecule has 2 aliphatic rings.